The van der Waals surface area contributed by atoms with Crippen molar-refractivity contribution in [2.24, 2.45) is 0 Å². The zero-order chi connectivity index (χ0) is 10.7. The molecule has 0 atom stereocenters. The van der Waals surface area contributed by atoms with Crippen LogP contribution in [0.4, 0.5) is 8.78 Å². The molecular formula is C9H7ClF2N2. The first kappa shape index (κ1) is 10.9. The molecule has 0 spiro atoms. The van der Waals surface area contributed by atoms with E-state index in [1.54, 1.807) is 0 Å². The Morgan fingerprint density at radius 2 is 2.29 bits per heavy atom. The van der Waals surface area contributed by atoms with Crippen LogP contribution in [0.15, 0.2) is 6.07 Å². The lowest BCUT2D eigenvalue weighted by Crippen LogP contribution is -2.01. The lowest BCUT2D eigenvalue weighted by atomic mass is 10.1. The first-order chi connectivity index (χ1) is 6.60. The van der Waals surface area contributed by atoms with Gasteiger partial charge >= 0.3 is 0 Å². The van der Waals surface area contributed by atoms with Gasteiger partial charge in [0.2, 0.25) is 0 Å². The minimum atomic E-state index is -2.66. The number of hydrogen-bond donors (Lipinski definition) is 0. The van der Waals surface area contributed by atoms with Crippen LogP contribution in [0.1, 0.15) is 28.9 Å². The summed E-state index contributed by atoms with van der Waals surface area (Å²) in [4.78, 5) is 3.66. The number of hydrogen-bond acceptors (Lipinski definition) is 2. The van der Waals surface area contributed by atoms with Crippen molar-refractivity contribution in [1.29, 1.82) is 5.26 Å². The predicted molar refractivity (Wildman–Crippen MR) is 48.2 cm³/mol. The van der Waals surface area contributed by atoms with Crippen LogP contribution in [-0.4, -0.2) is 4.98 Å². The van der Waals surface area contributed by atoms with Crippen LogP contribution in [0, 0.1) is 18.3 Å². The third kappa shape index (κ3) is 1.99. The molecule has 0 saturated carbocycles. The van der Waals surface area contributed by atoms with Gasteiger partial charge in [-0.2, -0.15) is 5.26 Å². The van der Waals surface area contributed by atoms with E-state index in [9.17, 15) is 8.78 Å². The molecule has 14 heavy (non-hydrogen) atoms. The third-order valence-electron chi connectivity index (χ3n) is 1.80. The van der Waals surface area contributed by atoms with Crippen molar-refractivity contribution in [3.8, 4) is 6.07 Å². The normalized spacial score (nSPS) is 10.3. The van der Waals surface area contributed by atoms with Crippen LogP contribution in [0.5, 0.6) is 0 Å². The van der Waals surface area contributed by atoms with Gasteiger partial charge in [-0.15, -0.1) is 11.6 Å². The Morgan fingerprint density at radius 3 is 2.71 bits per heavy atom. The second-order valence-corrected chi connectivity index (χ2v) is 2.98. The average Bonchev–Trinajstić information content (AvgIpc) is 2.17. The molecule has 1 rings (SSSR count). The highest BCUT2D eigenvalue weighted by Crippen LogP contribution is 2.24. The lowest BCUT2D eigenvalue weighted by molar-refractivity contribution is 0.145. The van der Waals surface area contributed by atoms with Crippen molar-refractivity contribution < 1.29 is 8.78 Å². The molecule has 0 amide bonds. The van der Waals surface area contributed by atoms with Crippen LogP contribution >= 0.6 is 11.6 Å². The summed E-state index contributed by atoms with van der Waals surface area (Å²) in [6, 6.07) is 3.23. The molecule has 0 aliphatic rings. The highest BCUT2D eigenvalue weighted by molar-refractivity contribution is 6.17. The molecule has 5 heteroatoms. The Labute approximate surface area is 85.1 Å². The van der Waals surface area contributed by atoms with Crippen molar-refractivity contribution in [3.05, 3.63) is 28.6 Å². The minimum absolute atomic E-state index is 0.0678. The standard InChI is InChI=1S/C9H7ClF2N2/c1-5-7(4-13)2-6(3-10)8(14-5)9(11)12/h2,9H,3H2,1H3. The van der Waals surface area contributed by atoms with Gasteiger partial charge in [-0.05, 0) is 18.6 Å². The lowest BCUT2D eigenvalue weighted by Gasteiger charge is -2.07. The first-order valence-corrected chi connectivity index (χ1v) is 4.38. The number of alkyl halides is 3. The molecule has 0 aliphatic carbocycles. The van der Waals surface area contributed by atoms with E-state index < -0.39 is 6.43 Å². The van der Waals surface area contributed by atoms with E-state index in [1.165, 1.54) is 13.0 Å². The second kappa shape index (κ2) is 4.34. The van der Waals surface area contributed by atoms with Crippen LogP contribution in [0.2, 0.25) is 0 Å². The fourth-order valence-electron chi connectivity index (χ4n) is 1.07. The van der Waals surface area contributed by atoms with Crippen LogP contribution < -0.4 is 0 Å². The number of aryl methyl sites for hydroxylation is 1. The molecule has 1 aromatic heterocycles. The highest BCUT2D eigenvalue weighted by Gasteiger charge is 2.16. The molecule has 74 valence electrons. The Bertz CT molecular complexity index is 385. The summed E-state index contributed by atoms with van der Waals surface area (Å²) in [5, 5.41) is 8.65. The zero-order valence-corrected chi connectivity index (χ0v) is 8.15. The van der Waals surface area contributed by atoms with Gasteiger partial charge < -0.3 is 0 Å². The smallest absolute Gasteiger partial charge is 0.250 e. The number of rotatable bonds is 2. The van der Waals surface area contributed by atoms with Crippen molar-refractivity contribution >= 4 is 11.6 Å². The summed E-state index contributed by atoms with van der Waals surface area (Å²) in [5.41, 5.74) is 0.460. The molecule has 0 aliphatic heterocycles. The van der Waals surface area contributed by atoms with Gasteiger partial charge in [0.25, 0.3) is 6.43 Å². The number of aromatic nitrogens is 1. The van der Waals surface area contributed by atoms with Gasteiger partial charge in [0.05, 0.1) is 11.3 Å². The molecule has 1 aromatic rings. The molecule has 0 N–H and O–H groups in total. The topological polar surface area (TPSA) is 36.7 Å². The van der Waals surface area contributed by atoms with E-state index in [0.717, 1.165) is 0 Å². The molecule has 0 saturated heterocycles. The Morgan fingerprint density at radius 1 is 1.64 bits per heavy atom. The monoisotopic (exact) mass is 216 g/mol. The number of nitriles is 1. The molecule has 0 fully saturated rings. The minimum Gasteiger partial charge on any atom is -0.250 e. The van der Waals surface area contributed by atoms with E-state index in [-0.39, 0.29) is 22.7 Å². The number of pyridine rings is 1. The summed E-state index contributed by atoms with van der Waals surface area (Å²) >= 11 is 5.47. The van der Waals surface area contributed by atoms with Crippen molar-refractivity contribution in [2.45, 2.75) is 19.2 Å². The summed E-state index contributed by atoms with van der Waals surface area (Å²) in [7, 11) is 0. The van der Waals surface area contributed by atoms with Gasteiger partial charge in [-0.1, -0.05) is 0 Å². The molecule has 0 radical (unpaired) electrons. The zero-order valence-electron chi connectivity index (χ0n) is 7.39. The predicted octanol–water partition coefficient (Wildman–Crippen LogP) is 2.94. The van der Waals surface area contributed by atoms with Gasteiger partial charge in [-0.3, -0.25) is 4.98 Å². The third-order valence-corrected chi connectivity index (χ3v) is 2.08. The SMILES string of the molecule is Cc1nc(C(F)F)c(CCl)cc1C#N. The average molecular weight is 217 g/mol. The summed E-state index contributed by atoms with van der Waals surface area (Å²) < 4.78 is 24.9. The van der Waals surface area contributed by atoms with E-state index >= 15 is 0 Å². The van der Waals surface area contributed by atoms with E-state index in [2.05, 4.69) is 4.98 Å². The van der Waals surface area contributed by atoms with Gasteiger partial charge in [0.1, 0.15) is 11.8 Å². The molecular weight excluding hydrogens is 210 g/mol. The Balaban J connectivity index is 3.33. The fraction of sp³-hybridized carbons (Fsp3) is 0.333. The summed E-state index contributed by atoms with van der Waals surface area (Å²) in [6.45, 7) is 1.52. The van der Waals surface area contributed by atoms with Crippen molar-refractivity contribution in [1.82, 2.24) is 4.98 Å². The van der Waals surface area contributed by atoms with Crippen LogP contribution in [0.3, 0.4) is 0 Å². The molecule has 0 bridgehead atoms. The fourth-order valence-corrected chi connectivity index (χ4v) is 1.29. The second-order valence-electron chi connectivity index (χ2n) is 2.71. The van der Waals surface area contributed by atoms with E-state index in [4.69, 9.17) is 16.9 Å². The highest BCUT2D eigenvalue weighted by atomic mass is 35.5. The number of nitrogens with zero attached hydrogens (tertiary/aromatic N) is 2. The van der Waals surface area contributed by atoms with Gasteiger partial charge in [0.15, 0.2) is 0 Å². The van der Waals surface area contributed by atoms with Gasteiger partial charge in [-0.25, -0.2) is 8.78 Å². The maximum absolute atomic E-state index is 12.4. The maximum atomic E-state index is 12.4. The Kier molecular flexibility index (Phi) is 3.37. The first-order valence-electron chi connectivity index (χ1n) is 3.84. The van der Waals surface area contributed by atoms with E-state index in [0.29, 0.717) is 5.69 Å². The molecule has 0 unspecified atom stereocenters. The van der Waals surface area contributed by atoms with E-state index in [1.807, 2.05) is 6.07 Å². The van der Waals surface area contributed by atoms with Gasteiger partial charge in [0, 0.05) is 5.88 Å². The Hall–Kier alpha value is -1.21. The van der Waals surface area contributed by atoms with Crippen molar-refractivity contribution in [2.75, 3.05) is 0 Å². The van der Waals surface area contributed by atoms with Crippen LogP contribution in [0.25, 0.3) is 0 Å². The largest absolute Gasteiger partial charge is 0.280 e. The number of halogens is 3. The quantitative estimate of drug-likeness (QED) is 0.713. The molecule has 0 aromatic carbocycles. The van der Waals surface area contributed by atoms with Crippen LogP contribution in [-0.2, 0) is 5.88 Å². The molecule has 1 heterocycles. The maximum Gasteiger partial charge on any atom is 0.280 e. The summed E-state index contributed by atoms with van der Waals surface area (Å²) in [6.07, 6.45) is -2.66. The van der Waals surface area contributed by atoms with Crippen molar-refractivity contribution in [3.63, 3.8) is 0 Å². The molecule has 2 nitrogen and oxygen atoms in total. The summed E-state index contributed by atoms with van der Waals surface area (Å²) in [5.74, 6) is -0.0678.